The number of aromatic amines is 1. The molecule has 1 amide bonds. The van der Waals surface area contributed by atoms with Crippen molar-refractivity contribution in [3.8, 4) is 0 Å². The van der Waals surface area contributed by atoms with Crippen molar-refractivity contribution in [2.75, 3.05) is 0 Å². The van der Waals surface area contributed by atoms with Crippen molar-refractivity contribution in [2.24, 2.45) is 0 Å². The molecule has 0 radical (unpaired) electrons. The van der Waals surface area contributed by atoms with Gasteiger partial charge in [-0.05, 0) is 19.8 Å². The Hall–Kier alpha value is -1.96. The first-order valence-electron chi connectivity index (χ1n) is 5.63. The van der Waals surface area contributed by atoms with E-state index in [1.165, 1.54) is 6.92 Å². The number of aliphatic hydroxyl groups is 1. The highest BCUT2D eigenvalue weighted by Gasteiger charge is 2.30. The Morgan fingerprint density at radius 2 is 2.17 bits per heavy atom. The molecule has 2 atom stereocenters. The predicted molar refractivity (Wildman–Crippen MR) is 58.9 cm³/mol. The number of hydrogen-bond acceptors (Lipinski definition) is 5. The van der Waals surface area contributed by atoms with Crippen LogP contribution >= 0.6 is 0 Å². The molecular formula is C10H14N4O4. The third-order valence-corrected chi connectivity index (χ3v) is 2.70. The van der Waals surface area contributed by atoms with Gasteiger partial charge in [-0.15, -0.1) is 5.10 Å². The summed E-state index contributed by atoms with van der Waals surface area (Å²) in [6.45, 7) is 1.28. The van der Waals surface area contributed by atoms with Crippen molar-refractivity contribution in [2.45, 2.75) is 37.8 Å². The number of aliphatic hydroxyl groups excluding tert-OH is 1. The quantitative estimate of drug-likeness (QED) is 0.547. The summed E-state index contributed by atoms with van der Waals surface area (Å²) in [5.74, 6) is -1.17. The third-order valence-electron chi connectivity index (χ3n) is 2.70. The molecule has 1 aromatic heterocycles. The molecular weight excluding hydrogens is 240 g/mol. The van der Waals surface area contributed by atoms with E-state index in [2.05, 4.69) is 20.5 Å². The summed E-state index contributed by atoms with van der Waals surface area (Å²) < 4.78 is 0. The van der Waals surface area contributed by atoms with Crippen molar-refractivity contribution in [3.63, 3.8) is 0 Å². The predicted octanol–water partition coefficient (Wildman–Crippen LogP) is -0.754. The molecule has 1 aromatic rings. The topological polar surface area (TPSA) is 128 Å². The van der Waals surface area contributed by atoms with E-state index in [0.717, 1.165) is 12.8 Å². The number of rotatable bonds is 5. The first-order valence-corrected chi connectivity index (χ1v) is 5.63. The summed E-state index contributed by atoms with van der Waals surface area (Å²) >= 11 is 0. The van der Waals surface area contributed by atoms with Gasteiger partial charge in [0.15, 0.2) is 6.04 Å². The van der Waals surface area contributed by atoms with Gasteiger partial charge in [-0.25, -0.2) is 9.78 Å². The SMILES string of the molecule is CC(O)C(NC(=O)c1n[nH]c(C2CC2)n1)C(=O)O. The lowest BCUT2D eigenvalue weighted by Crippen LogP contribution is -2.47. The van der Waals surface area contributed by atoms with Gasteiger partial charge in [-0.2, -0.15) is 0 Å². The molecule has 2 unspecified atom stereocenters. The van der Waals surface area contributed by atoms with Crippen LogP contribution in [0, 0.1) is 0 Å². The second-order valence-electron chi connectivity index (χ2n) is 4.35. The molecule has 18 heavy (non-hydrogen) atoms. The number of hydrogen-bond donors (Lipinski definition) is 4. The molecule has 2 rings (SSSR count). The van der Waals surface area contributed by atoms with Crippen LogP contribution in [0.4, 0.5) is 0 Å². The number of carboxylic acid groups (broad SMARTS) is 1. The molecule has 0 aromatic carbocycles. The van der Waals surface area contributed by atoms with Crippen LogP contribution in [0.25, 0.3) is 0 Å². The first kappa shape index (κ1) is 12.5. The molecule has 4 N–H and O–H groups in total. The number of aromatic nitrogens is 3. The van der Waals surface area contributed by atoms with Gasteiger partial charge >= 0.3 is 5.97 Å². The van der Waals surface area contributed by atoms with Crippen LogP contribution in [-0.2, 0) is 4.79 Å². The van der Waals surface area contributed by atoms with Crippen LogP contribution < -0.4 is 5.32 Å². The summed E-state index contributed by atoms with van der Waals surface area (Å²) in [6.07, 6.45) is 0.830. The Labute approximate surface area is 102 Å². The zero-order valence-electron chi connectivity index (χ0n) is 9.75. The average molecular weight is 254 g/mol. The molecule has 1 heterocycles. The number of aliphatic carboxylic acids is 1. The molecule has 0 spiro atoms. The fourth-order valence-corrected chi connectivity index (χ4v) is 1.51. The molecule has 0 saturated heterocycles. The van der Waals surface area contributed by atoms with Crippen LogP contribution in [0.3, 0.4) is 0 Å². The zero-order chi connectivity index (χ0) is 13.3. The van der Waals surface area contributed by atoms with Crippen molar-refractivity contribution in [1.29, 1.82) is 0 Å². The Balaban J connectivity index is 2.03. The third kappa shape index (κ3) is 2.65. The van der Waals surface area contributed by atoms with Crippen molar-refractivity contribution >= 4 is 11.9 Å². The summed E-state index contributed by atoms with van der Waals surface area (Å²) in [5.41, 5.74) is 0. The number of carbonyl (C=O) groups excluding carboxylic acids is 1. The summed E-state index contributed by atoms with van der Waals surface area (Å²) in [4.78, 5) is 26.5. The average Bonchev–Trinajstić information content (AvgIpc) is 3.03. The number of H-pyrrole nitrogens is 1. The maximum Gasteiger partial charge on any atom is 0.328 e. The summed E-state index contributed by atoms with van der Waals surface area (Å²) in [6, 6.07) is -1.37. The second kappa shape index (κ2) is 4.73. The highest BCUT2D eigenvalue weighted by atomic mass is 16.4. The van der Waals surface area contributed by atoms with Crippen LogP contribution in [0.1, 0.15) is 42.1 Å². The van der Waals surface area contributed by atoms with Crippen molar-refractivity contribution in [1.82, 2.24) is 20.5 Å². The minimum Gasteiger partial charge on any atom is -0.480 e. The molecule has 98 valence electrons. The van der Waals surface area contributed by atoms with E-state index in [1.54, 1.807) is 0 Å². The van der Waals surface area contributed by atoms with Crippen LogP contribution in [-0.4, -0.2) is 49.4 Å². The smallest absolute Gasteiger partial charge is 0.328 e. The van der Waals surface area contributed by atoms with Crippen LogP contribution in [0.2, 0.25) is 0 Å². The zero-order valence-corrected chi connectivity index (χ0v) is 9.75. The second-order valence-corrected chi connectivity index (χ2v) is 4.35. The number of nitrogens with zero attached hydrogens (tertiary/aromatic N) is 2. The highest BCUT2D eigenvalue weighted by molar-refractivity contribution is 5.93. The first-order chi connectivity index (χ1) is 8.49. The standard InChI is InChI=1S/C10H14N4O4/c1-4(15)6(10(17)18)11-9(16)8-12-7(13-14-8)5-2-3-5/h4-6,15H,2-3H2,1H3,(H,11,16)(H,17,18)(H,12,13,14). The van der Waals surface area contributed by atoms with E-state index in [1.807, 2.05) is 0 Å². The molecule has 1 fully saturated rings. The van der Waals surface area contributed by atoms with E-state index in [0.29, 0.717) is 11.7 Å². The number of amides is 1. The lowest BCUT2D eigenvalue weighted by Gasteiger charge is -2.15. The van der Waals surface area contributed by atoms with E-state index in [-0.39, 0.29) is 5.82 Å². The maximum atomic E-state index is 11.7. The van der Waals surface area contributed by atoms with E-state index in [4.69, 9.17) is 5.11 Å². The van der Waals surface area contributed by atoms with E-state index in [9.17, 15) is 14.7 Å². The monoisotopic (exact) mass is 254 g/mol. The van der Waals surface area contributed by atoms with Gasteiger partial charge in [0.05, 0.1) is 6.10 Å². The Morgan fingerprint density at radius 1 is 1.50 bits per heavy atom. The largest absolute Gasteiger partial charge is 0.480 e. The number of nitrogens with one attached hydrogen (secondary N) is 2. The van der Waals surface area contributed by atoms with Gasteiger partial charge in [-0.1, -0.05) is 0 Å². The molecule has 0 aliphatic heterocycles. The van der Waals surface area contributed by atoms with Gasteiger partial charge in [0.1, 0.15) is 5.82 Å². The molecule has 8 nitrogen and oxygen atoms in total. The summed E-state index contributed by atoms with van der Waals surface area (Å²) in [7, 11) is 0. The Bertz CT molecular complexity index is 466. The number of carboxylic acids is 1. The van der Waals surface area contributed by atoms with Gasteiger partial charge < -0.3 is 15.5 Å². The van der Waals surface area contributed by atoms with Gasteiger partial charge in [0.25, 0.3) is 5.91 Å². The molecule has 1 aliphatic carbocycles. The van der Waals surface area contributed by atoms with Crippen molar-refractivity contribution in [3.05, 3.63) is 11.6 Å². The highest BCUT2D eigenvalue weighted by Crippen LogP contribution is 2.37. The Morgan fingerprint density at radius 3 is 2.67 bits per heavy atom. The van der Waals surface area contributed by atoms with E-state index < -0.39 is 24.0 Å². The van der Waals surface area contributed by atoms with Crippen molar-refractivity contribution < 1.29 is 19.8 Å². The van der Waals surface area contributed by atoms with Gasteiger partial charge in [0.2, 0.25) is 5.82 Å². The molecule has 1 aliphatic rings. The minimum absolute atomic E-state index is 0.108. The lowest BCUT2D eigenvalue weighted by atomic mass is 10.2. The summed E-state index contributed by atoms with van der Waals surface area (Å²) in [5, 5.41) is 26.6. The molecule has 8 heteroatoms. The maximum absolute atomic E-state index is 11.7. The fraction of sp³-hybridized carbons (Fsp3) is 0.600. The lowest BCUT2D eigenvalue weighted by molar-refractivity contribution is -0.141. The fourth-order valence-electron chi connectivity index (χ4n) is 1.51. The van der Waals surface area contributed by atoms with Crippen LogP contribution in [0.15, 0.2) is 0 Å². The number of carbonyl (C=O) groups is 2. The molecule has 0 bridgehead atoms. The van der Waals surface area contributed by atoms with Gasteiger partial charge in [-0.3, -0.25) is 9.89 Å². The van der Waals surface area contributed by atoms with E-state index >= 15 is 0 Å². The normalized spacial score (nSPS) is 18.1. The Kier molecular flexibility index (Phi) is 3.28. The van der Waals surface area contributed by atoms with Gasteiger partial charge in [0, 0.05) is 5.92 Å². The molecule has 1 saturated carbocycles. The van der Waals surface area contributed by atoms with Crippen LogP contribution in [0.5, 0.6) is 0 Å². The minimum atomic E-state index is -1.37.